The van der Waals surface area contributed by atoms with Gasteiger partial charge in [0.1, 0.15) is 5.82 Å². The Labute approximate surface area is 146 Å². The standard InChI is InChI=1S/C19H26F4N2/c20-17-6-2-1-5-16(17)13-25-11-3-7-18(15-25)9-12-24(14-18)10-4-8-19(21,22)23/h1-2,5-6H,3-4,7-15H2/t18-/m1/s1. The fourth-order valence-electron chi connectivity index (χ4n) is 4.37. The summed E-state index contributed by atoms with van der Waals surface area (Å²) in [5.41, 5.74) is 0.890. The van der Waals surface area contributed by atoms with Crippen LogP contribution in [0.3, 0.4) is 0 Å². The molecule has 0 radical (unpaired) electrons. The van der Waals surface area contributed by atoms with Gasteiger partial charge in [0.2, 0.25) is 0 Å². The molecule has 0 saturated carbocycles. The highest BCUT2D eigenvalue weighted by Gasteiger charge is 2.41. The monoisotopic (exact) mass is 358 g/mol. The molecule has 2 heterocycles. The Kier molecular flexibility index (Phi) is 5.68. The number of hydrogen-bond donors (Lipinski definition) is 0. The van der Waals surface area contributed by atoms with Gasteiger partial charge in [0.05, 0.1) is 0 Å². The summed E-state index contributed by atoms with van der Waals surface area (Å²) < 4.78 is 50.8. The zero-order valence-electron chi connectivity index (χ0n) is 14.5. The molecule has 0 N–H and O–H groups in total. The van der Waals surface area contributed by atoms with Crippen LogP contribution in [0.2, 0.25) is 0 Å². The van der Waals surface area contributed by atoms with Gasteiger partial charge in [-0.1, -0.05) is 18.2 Å². The molecule has 3 rings (SSSR count). The van der Waals surface area contributed by atoms with Gasteiger partial charge < -0.3 is 4.90 Å². The SMILES string of the molecule is Fc1ccccc1CN1CCC[C@]2(CCN(CCCC(F)(F)F)C2)C1. The van der Waals surface area contributed by atoms with E-state index in [0.717, 1.165) is 51.0 Å². The lowest BCUT2D eigenvalue weighted by atomic mass is 9.79. The van der Waals surface area contributed by atoms with Gasteiger partial charge in [-0.15, -0.1) is 0 Å². The smallest absolute Gasteiger partial charge is 0.303 e. The van der Waals surface area contributed by atoms with Crippen molar-refractivity contribution >= 4 is 0 Å². The van der Waals surface area contributed by atoms with E-state index < -0.39 is 12.6 Å². The third-order valence-electron chi connectivity index (χ3n) is 5.54. The summed E-state index contributed by atoms with van der Waals surface area (Å²) >= 11 is 0. The van der Waals surface area contributed by atoms with Crippen LogP contribution in [-0.2, 0) is 6.54 Å². The summed E-state index contributed by atoms with van der Waals surface area (Å²) in [6, 6.07) is 6.88. The van der Waals surface area contributed by atoms with Crippen LogP contribution in [0.5, 0.6) is 0 Å². The molecular formula is C19H26F4N2. The number of halogens is 4. The topological polar surface area (TPSA) is 6.48 Å². The average molecular weight is 358 g/mol. The number of piperidine rings is 1. The van der Waals surface area contributed by atoms with E-state index in [1.807, 2.05) is 12.1 Å². The molecule has 25 heavy (non-hydrogen) atoms. The molecule has 1 atom stereocenters. The van der Waals surface area contributed by atoms with Crippen molar-refractivity contribution in [1.29, 1.82) is 0 Å². The zero-order chi connectivity index (χ0) is 17.9. The summed E-state index contributed by atoms with van der Waals surface area (Å²) in [5, 5.41) is 0. The van der Waals surface area contributed by atoms with Gasteiger partial charge in [-0.05, 0) is 56.8 Å². The van der Waals surface area contributed by atoms with Gasteiger partial charge in [0, 0.05) is 31.6 Å². The Morgan fingerprint density at radius 2 is 1.76 bits per heavy atom. The fraction of sp³-hybridized carbons (Fsp3) is 0.684. The van der Waals surface area contributed by atoms with E-state index in [2.05, 4.69) is 9.80 Å². The van der Waals surface area contributed by atoms with Crippen LogP contribution in [0, 0.1) is 11.2 Å². The molecule has 6 heteroatoms. The first-order valence-corrected chi connectivity index (χ1v) is 9.10. The minimum Gasteiger partial charge on any atom is -0.303 e. The van der Waals surface area contributed by atoms with E-state index in [1.165, 1.54) is 6.07 Å². The lowest BCUT2D eigenvalue weighted by Crippen LogP contribution is -2.44. The molecule has 0 amide bonds. The number of likely N-dealkylation sites (tertiary alicyclic amines) is 2. The summed E-state index contributed by atoms with van der Waals surface area (Å²) in [4.78, 5) is 4.49. The predicted octanol–water partition coefficient (Wildman–Crippen LogP) is 4.46. The molecule has 1 aromatic rings. The average Bonchev–Trinajstić information content (AvgIpc) is 2.91. The second-order valence-corrected chi connectivity index (χ2v) is 7.65. The van der Waals surface area contributed by atoms with E-state index >= 15 is 0 Å². The van der Waals surface area contributed by atoms with Crippen molar-refractivity contribution < 1.29 is 17.6 Å². The van der Waals surface area contributed by atoms with Crippen LogP contribution in [0.4, 0.5) is 17.6 Å². The maximum Gasteiger partial charge on any atom is 0.389 e. The van der Waals surface area contributed by atoms with E-state index in [1.54, 1.807) is 6.07 Å². The van der Waals surface area contributed by atoms with Crippen LogP contribution in [0.15, 0.2) is 24.3 Å². The Bertz CT molecular complexity index is 575. The van der Waals surface area contributed by atoms with Gasteiger partial charge in [-0.25, -0.2) is 4.39 Å². The molecule has 1 spiro atoms. The second kappa shape index (κ2) is 7.62. The normalized spacial score (nSPS) is 25.8. The highest BCUT2D eigenvalue weighted by Crippen LogP contribution is 2.39. The molecule has 2 fully saturated rings. The first-order valence-electron chi connectivity index (χ1n) is 9.10. The minimum atomic E-state index is -4.06. The second-order valence-electron chi connectivity index (χ2n) is 7.65. The number of alkyl halides is 3. The minimum absolute atomic E-state index is 0.165. The quantitative estimate of drug-likeness (QED) is 0.717. The first kappa shape index (κ1) is 18.6. The first-order chi connectivity index (χ1) is 11.9. The maximum absolute atomic E-state index is 13.9. The summed E-state index contributed by atoms with van der Waals surface area (Å²) in [5.74, 6) is -0.165. The lowest BCUT2D eigenvalue weighted by Gasteiger charge is -2.40. The van der Waals surface area contributed by atoms with Crippen molar-refractivity contribution in [2.45, 2.75) is 44.8 Å². The van der Waals surface area contributed by atoms with E-state index in [0.29, 0.717) is 13.1 Å². The Morgan fingerprint density at radius 3 is 2.52 bits per heavy atom. The molecule has 140 valence electrons. The number of rotatable bonds is 5. The molecule has 0 aliphatic carbocycles. The van der Waals surface area contributed by atoms with Crippen molar-refractivity contribution in [3.63, 3.8) is 0 Å². The lowest BCUT2D eigenvalue weighted by molar-refractivity contribution is -0.136. The third-order valence-corrected chi connectivity index (χ3v) is 5.54. The Balaban J connectivity index is 1.52. The number of benzene rings is 1. The number of hydrogen-bond acceptors (Lipinski definition) is 2. The number of nitrogens with zero attached hydrogens (tertiary/aromatic N) is 2. The van der Waals surface area contributed by atoms with Crippen molar-refractivity contribution in [2.24, 2.45) is 5.41 Å². The highest BCUT2D eigenvalue weighted by molar-refractivity contribution is 5.17. The molecule has 2 saturated heterocycles. The van der Waals surface area contributed by atoms with E-state index in [-0.39, 0.29) is 17.7 Å². The van der Waals surface area contributed by atoms with Gasteiger partial charge >= 0.3 is 6.18 Å². The molecule has 2 aliphatic rings. The summed E-state index contributed by atoms with van der Waals surface area (Å²) in [7, 11) is 0. The van der Waals surface area contributed by atoms with Gasteiger partial charge in [-0.2, -0.15) is 13.2 Å². The van der Waals surface area contributed by atoms with E-state index in [9.17, 15) is 17.6 Å². The third kappa shape index (κ3) is 5.17. The van der Waals surface area contributed by atoms with Crippen LogP contribution in [-0.4, -0.2) is 48.7 Å². The molecule has 0 bridgehead atoms. The van der Waals surface area contributed by atoms with Crippen LogP contribution < -0.4 is 0 Å². The fourth-order valence-corrected chi connectivity index (χ4v) is 4.37. The molecule has 0 unspecified atom stereocenters. The summed E-state index contributed by atoms with van der Waals surface area (Å²) in [6.07, 6.45) is -1.35. The van der Waals surface area contributed by atoms with Crippen LogP contribution in [0.1, 0.15) is 37.7 Å². The van der Waals surface area contributed by atoms with Crippen molar-refractivity contribution in [2.75, 3.05) is 32.7 Å². The van der Waals surface area contributed by atoms with E-state index in [4.69, 9.17) is 0 Å². The largest absolute Gasteiger partial charge is 0.389 e. The molecule has 0 aromatic heterocycles. The summed E-state index contributed by atoms with van der Waals surface area (Å²) in [6.45, 7) is 4.77. The van der Waals surface area contributed by atoms with Crippen LogP contribution in [0.25, 0.3) is 0 Å². The van der Waals surface area contributed by atoms with Gasteiger partial charge in [0.15, 0.2) is 0 Å². The molecule has 2 nitrogen and oxygen atoms in total. The molecule has 1 aromatic carbocycles. The molecular weight excluding hydrogens is 332 g/mol. The van der Waals surface area contributed by atoms with Crippen molar-refractivity contribution in [3.8, 4) is 0 Å². The van der Waals surface area contributed by atoms with Crippen molar-refractivity contribution in [3.05, 3.63) is 35.6 Å². The Morgan fingerprint density at radius 1 is 1.00 bits per heavy atom. The zero-order valence-corrected chi connectivity index (χ0v) is 14.5. The highest BCUT2D eigenvalue weighted by atomic mass is 19.4. The predicted molar refractivity (Wildman–Crippen MR) is 89.7 cm³/mol. The maximum atomic E-state index is 13.9. The Hall–Kier alpha value is -1.14. The van der Waals surface area contributed by atoms with Crippen molar-refractivity contribution in [1.82, 2.24) is 9.80 Å². The van der Waals surface area contributed by atoms with Crippen LogP contribution >= 0.6 is 0 Å². The molecule has 2 aliphatic heterocycles. The van der Waals surface area contributed by atoms with Gasteiger partial charge in [-0.3, -0.25) is 4.90 Å². The van der Waals surface area contributed by atoms with Gasteiger partial charge in [0.25, 0.3) is 0 Å².